The monoisotopic (exact) mass is 414 g/mol. The fourth-order valence-electron chi connectivity index (χ4n) is 3.94. The summed E-state index contributed by atoms with van der Waals surface area (Å²) in [6.07, 6.45) is 1.59. The molecule has 1 N–H and O–H groups in total. The Labute approximate surface area is 176 Å². The summed E-state index contributed by atoms with van der Waals surface area (Å²) in [5, 5.41) is 11.1. The number of rotatable bonds is 5. The first-order valence-corrected chi connectivity index (χ1v) is 10.4. The molecule has 160 valence electrons. The number of hydrogen-bond donors (Lipinski definition) is 1. The van der Waals surface area contributed by atoms with E-state index in [1.54, 1.807) is 26.0 Å². The maximum atomic E-state index is 13.7. The highest BCUT2D eigenvalue weighted by Crippen LogP contribution is 2.44. The number of aliphatic hydroxyl groups is 1. The van der Waals surface area contributed by atoms with Crippen LogP contribution in [0.3, 0.4) is 0 Å². The molecule has 0 aliphatic carbocycles. The first-order chi connectivity index (χ1) is 14.1. The number of hydrogen-bond acceptors (Lipinski definition) is 3. The third kappa shape index (κ3) is 3.56. The van der Waals surface area contributed by atoms with E-state index in [9.17, 15) is 18.7 Å². The summed E-state index contributed by atoms with van der Waals surface area (Å²) in [5.41, 5.74) is 1.03. The van der Waals surface area contributed by atoms with Crippen molar-refractivity contribution in [1.29, 1.82) is 0 Å². The van der Waals surface area contributed by atoms with Gasteiger partial charge in [-0.05, 0) is 67.5 Å². The lowest BCUT2D eigenvalue weighted by Crippen LogP contribution is -2.52. The Morgan fingerprint density at radius 3 is 2.07 bits per heavy atom. The molecule has 2 aromatic rings. The van der Waals surface area contributed by atoms with Crippen LogP contribution < -0.4 is 0 Å². The maximum absolute atomic E-state index is 13.7. The first-order valence-electron chi connectivity index (χ1n) is 10.4. The molecular weight excluding hydrogens is 386 g/mol. The Morgan fingerprint density at radius 2 is 1.50 bits per heavy atom. The van der Waals surface area contributed by atoms with Gasteiger partial charge >= 0.3 is 0 Å². The van der Waals surface area contributed by atoms with Crippen molar-refractivity contribution in [3.63, 3.8) is 0 Å². The zero-order valence-corrected chi connectivity index (χ0v) is 18.1. The highest BCUT2D eigenvalue weighted by molar-refractivity contribution is 6.26. The van der Waals surface area contributed by atoms with Crippen molar-refractivity contribution in [2.45, 2.75) is 65.1 Å². The maximum Gasteiger partial charge on any atom is 0.198 e. The zero-order valence-electron chi connectivity index (χ0n) is 18.1. The van der Waals surface area contributed by atoms with Crippen LogP contribution in [0.15, 0.2) is 42.2 Å². The van der Waals surface area contributed by atoms with Crippen LogP contribution in [0.1, 0.15) is 58.6 Å². The number of carbonyl (C=O) groups excluding carboxylic acids is 1. The van der Waals surface area contributed by atoms with Gasteiger partial charge in [0.1, 0.15) is 17.0 Å². The second kappa shape index (κ2) is 7.95. The number of carbonyl (C=O) groups is 1. The van der Waals surface area contributed by atoms with E-state index in [1.165, 1.54) is 6.07 Å². The van der Waals surface area contributed by atoms with Crippen molar-refractivity contribution in [1.82, 2.24) is 0 Å². The highest BCUT2D eigenvalue weighted by Gasteiger charge is 2.50. The number of Topliss-reactive ketones (excluding diaryl/α,β-unsaturated/α-hetero) is 1. The zero-order chi connectivity index (χ0) is 22.3. The van der Waals surface area contributed by atoms with E-state index in [0.29, 0.717) is 36.0 Å². The van der Waals surface area contributed by atoms with Crippen molar-refractivity contribution in [2.75, 3.05) is 0 Å². The van der Waals surface area contributed by atoms with Gasteiger partial charge in [0, 0.05) is 0 Å². The van der Waals surface area contributed by atoms with Crippen LogP contribution in [-0.2, 0) is 16.0 Å². The van der Waals surface area contributed by atoms with Crippen molar-refractivity contribution in [3.8, 4) is 11.1 Å². The molecule has 2 unspecified atom stereocenters. The molecule has 3 rings (SSSR count). The Balaban J connectivity index is 2.19. The predicted molar refractivity (Wildman–Crippen MR) is 114 cm³/mol. The molecule has 2 aromatic carbocycles. The molecule has 0 bridgehead atoms. The van der Waals surface area contributed by atoms with Crippen LogP contribution in [-0.4, -0.2) is 22.1 Å². The van der Waals surface area contributed by atoms with Gasteiger partial charge in [0.15, 0.2) is 17.4 Å². The Morgan fingerprint density at radius 1 is 0.900 bits per heavy atom. The standard InChI is InChI=1S/C25H28F2O3/c1-6-15-13-16(17-10-12-19(26)20(27)14-17)9-11-18(15)21-22(28)24(4,7-2)30-25(5,8-3)23(21)29/h9-14,28H,6-8H2,1-5H3. The average molecular weight is 414 g/mol. The molecule has 0 fully saturated rings. The normalized spacial score (nSPS) is 24.4. The Bertz CT molecular complexity index is 1030. The molecule has 5 heteroatoms. The molecule has 1 aliphatic heterocycles. The topological polar surface area (TPSA) is 46.5 Å². The van der Waals surface area contributed by atoms with Gasteiger partial charge in [-0.3, -0.25) is 4.79 Å². The number of aliphatic hydroxyl groups excluding tert-OH is 1. The van der Waals surface area contributed by atoms with E-state index in [2.05, 4.69) is 0 Å². The first kappa shape index (κ1) is 22.2. The van der Waals surface area contributed by atoms with E-state index in [1.807, 2.05) is 26.8 Å². The van der Waals surface area contributed by atoms with Gasteiger partial charge in [-0.1, -0.05) is 45.0 Å². The number of halogens is 2. The summed E-state index contributed by atoms with van der Waals surface area (Å²) in [6.45, 7) is 9.31. The minimum absolute atomic E-state index is 0.0591. The van der Waals surface area contributed by atoms with E-state index in [4.69, 9.17) is 4.74 Å². The fraction of sp³-hybridized carbons (Fsp3) is 0.400. The van der Waals surface area contributed by atoms with Crippen LogP contribution in [0.5, 0.6) is 0 Å². The average Bonchev–Trinajstić information content (AvgIpc) is 2.74. The number of aryl methyl sites for hydroxylation is 1. The van der Waals surface area contributed by atoms with Crippen LogP contribution in [0.4, 0.5) is 8.78 Å². The van der Waals surface area contributed by atoms with E-state index >= 15 is 0 Å². The quantitative estimate of drug-likeness (QED) is 0.616. The van der Waals surface area contributed by atoms with E-state index in [0.717, 1.165) is 17.7 Å². The highest BCUT2D eigenvalue weighted by atomic mass is 19.2. The summed E-state index contributed by atoms with van der Waals surface area (Å²) in [5.74, 6) is -2.11. The summed E-state index contributed by atoms with van der Waals surface area (Å²) in [7, 11) is 0. The van der Waals surface area contributed by atoms with Gasteiger partial charge in [0.2, 0.25) is 0 Å². The number of benzene rings is 2. The summed E-state index contributed by atoms with van der Waals surface area (Å²) in [4.78, 5) is 13.4. The van der Waals surface area contributed by atoms with E-state index < -0.39 is 22.8 Å². The molecule has 1 heterocycles. The van der Waals surface area contributed by atoms with Gasteiger partial charge < -0.3 is 9.84 Å². The van der Waals surface area contributed by atoms with Crippen LogP contribution in [0.25, 0.3) is 16.7 Å². The molecule has 0 saturated heterocycles. The van der Waals surface area contributed by atoms with Crippen LogP contribution in [0.2, 0.25) is 0 Å². The Hall–Kier alpha value is -2.53. The summed E-state index contributed by atoms with van der Waals surface area (Å²) in [6, 6.07) is 9.17. The van der Waals surface area contributed by atoms with Crippen LogP contribution in [0, 0.1) is 11.6 Å². The molecule has 0 spiro atoms. The molecule has 3 nitrogen and oxygen atoms in total. The molecule has 2 atom stereocenters. The van der Waals surface area contributed by atoms with E-state index in [-0.39, 0.29) is 17.1 Å². The van der Waals surface area contributed by atoms with Crippen molar-refractivity contribution in [3.05, 3.63) is 64.9 Å². The minimum atomic E-state index is -1.03. The third-order valence-corrected chi connectivity index (χ3v) is 6.25. The lowest BCUT2D eigenvalue weighted by atomic mass is 9.78. The lowest BCUT2D eigenvalue weighted by molar-refractivity contribution is -0.167. The van der Waals surface area contributed by atoms with Gasteiger partial charge in [0.25, 0.3) is 0 Å². The summed E-state index contributed by atoms with van der Waals surface area (Å²) < 4.78 is 33.1. The third-order valence-electron chi connectivity index (χ3n) is 6.25. The smallest absolute Gasteiger partial charge is 0.198 e. The SMILES string of the molecule is CCc1cc(-c2ccc(F)c(F)c2)ccc1C1=C(O)C(C)(CC)OC(C)(CC)C1=O. The van der Waals surface area contributed by atoms with Crippen molar-refractivity contribution < 1.29 is 23.4 Å². The second-order valence-corrected chi connectivity index (χ2v) is 8.18. The Kier molecular flexibility index (Phi) is 5.87. The van der Waals surface area contributed by atoms with Crippen LogP contribution >= 0.6 is 0 Å². The fourth-order valence-corrected chi connectivity index (χ4v) is 3.94. The molecule has 0 aromatic heterocycles. The number of ether oxygens (including phenoxy) is 1. The predicted octanol–water partition coefficient (Wildman–Crippen LogP) is 6.40. The largest absolute Gasteiger partial charge is 0.508 e. The number of ketones is 1. The molecule has 0 amide bonds. The molecule has 0 saturated carbocycles. The molecule has 1 aliphatic rings. The van der Waals surface area contributed by atoms with Gasteiger partial charge in [-0.25, -0.2) is 8.78 Å². The summed E-state index contributed by atoms with van der Waals surface area (Å²) >= 11 is 0. The van der Waals surface area contributed by atoms with Crippen molar-refractivity contribution >= 4 is 11.4 Å². The second-order valence-electron chi connectivity index (χ2n) is 8.18. The van der Waals surface area contributed by atoms with Crippen molar-refractivity contribution in [2.24, 2.45) is 0 Å². The minimum Gasteiger partial charge on any atom is -0.508 e. The molecular formula is C25H28F2O3. The van der Waals surface area contributed by atoms with Gasteiger partial charge in [-0.2, -0.15) is 0 Å². The van der Waals surface area contributed by atoms with Gasteiger partial charge in [0.05, 0.1) is 5.57 Å². The molecule has 30 heavy (non-hydrogen) atoms. The molecule has 0 radical (unpaired) electrons. The van der Waals surface area contributed by atoms with Gasteiger partial charge in [-0.15, -0.1) is 0 Å². The lowest BCUT2D eigenvalue weighted by Gasteiger charge is -2.43.